The van der Waals surface area contributed by atoms with Gasteiger partial charge < -0.3 is 14.4 Å². The Labute approximate surface area is 224 Å². The summed E-state index contributed by atoms with van der Waals surface area (Å²) in [6.07, 6.45) is 0.867. The van der Waals surface area contributed by atoms with E-state index < -0.39 is 6.16 Å². The first-order chi connectivity index (χ1) is 18.0. The molecule has 1 aliphatic rings. The normalized spacial score (nSPS) is 14.1. The summed E-state index contributed by atoms with van der Waals surface area (Å²) in [5.74, 6) is 0.637. The molecule has 0 radical (unpaired) electrons. The van der Waals surface area contributed by atoms with Crippen LogP contribution in [0.2, 0.25) is 10.0 Å². The van der Waals surface area contributed by atoms with Crippen LogP contribution in [0.4, 0.5) is 10.5 Å². The molecule has 0 aliphatic carbocycles. The van der Waals surface area contributed by atoms with Crippen molar-refractivity contribution in [3.63, 3.8) is 0 Å². The summed E-state index contributed by atoms with van der Waals surface area (Å²) in [6, 6.07) is 14.4. The molecule has 3 aromatic rings. The van der Waals surface area contributed by atoms with Gasteiger partial charge in [-0.3, -0.25) is 19.1 Å². The van der Waals surface area contributed by atoms with E-state index in [-0.39, 0.29) is 12.3 Å². The van der Waals surface area contributed by atoms with Gasteiger partial charge in [-0.05, 0) is 55.1 Å². The Balaban J connectivity index is 1.23. The van der Waals surface area contributed by atoms with Crippen molar-refractivity contribution < 1.29 is 24.0 Å². The molecule has 0 spiro atoms. The molecule has 9 nitrogen and oxygen atoms in total. The van der Waals surface area contributed by atoms with E-state index in [9.17, 15) is 9.59 Å². The highest BCUT2D eigenvalue weighted by molar-refractivity contribution is 6.43. The number of aromatic nitrogens is 1. The summed E-state index contributed by atoms with van der Waals surface area (Å²) in [5.41, 5.74) is 1.27. The molecule has 1 aliphatic heterocycles. The number of ether oxygens (including phenoxy) is 2. The van der Waals surface area contributed by atoms with Gasteiger partial charge in [-0.2, -0.15) is 4.89 Å². The minimum Gasteiger partial charge on any atom is -0.494 e. The van der Waals surface area contributed by atoms with Gasteiger partial charge >= 0.3 is 6.16 Å². The summed E-state index contributed by atoms with van der Waals surface area (Å²) in [4.78, 5) is 37.0. The largest absolute Gasteiger partial charge is 0.542 e. The number of hydrogen-bond donors (Lipinski definition) is 0. The number of benzene rings is 2. The van der Waals surface area contributed by atoms with Crippen LogP contribution >= 0.6 is 23.2 Å². The highest BCUT2D eigenvalue weighted by Gasteiger charge is 2.19. The second kappa shape index (κ2) is 13.0. The maximum Gasteiger partial charge on any atom is 0.542 e. The monoisotopic (exact) mass is 549 g/mol. The van der Waals surface area contributed by atoms with Gasteiger partial charge in [0.25, 0.3) is 5.56 Å². The summed E-state index contributed by atoms with van der Waals surface area (Å²) < 4.78 is 12.2. The SMILES string of the molecule is COOC(=O)OCn1c(=O)ccc2ccc(OCCCCN3CCN(c4cccc(Cl)c4Cl)CC3)cc21. The lowest BCUT2D eigenvalue weighted by Gasteiger charge is -2.36. The third kappa shape index (κ3) is 7.07. The van der Waals surface area contributed by atoms with Gasteiger partial charge in [-0.25, -0.2) is 4.79 Å². The lowest BCUT2D eigenvalue weighted by molar-refractivity contribution is -0.234. The standard InChI is InChI=1S/C26H29Cl2N3O6/c1-34-37-26(33)36-18-31-23-17-20(9-7-19(23)8-10-24(31)32)35-16-3-2-11-29-12-14-30(15-13-29)22-6-4-5-21(27)25(22)28/h4-10,17H,2-3,11-16,18H2,1H3. The van der Waals surface area contributed by atoms with Crippen molar-refractivity contribution >= 4 is 45.9 Å². The molecular formula is C26H29Cl2N3O6. The van der Waals surface area contributed by atoms with Gasteiger partial charge in [0.1, 0.15) is 5.75 Å². The molecule has 0 N–H and O–H groups in total. The van der Waals surface area contributed by atoms with Crippen molar-refractivity contribution in [2.24, 2.45) is 0 Å². The van der Waals surface area contributed by atoms with Crippen LogP contribution in [0.15, 0.2) is 53.3 Å². The molecule has 1 aromatic heterocycles. The first-order valence-electron chi connectivity index (χ1n) is 12.0. The van der Waals surface area contributed by atoms with Gasteiger partial charge in [0, 0.05) is 38.3 Å². The van der Waals surface area contributed by atoms with Gasteiger partial charge in [-0.15, -0.1) is 0 Å². The second-order valence-electron chi connectivity index (χ2n) is 8.55. The van der Waals surface area contributed by atoms with Crippen molar-refractivity contribution in [1.29, 1.82) is 0 Å². The van der Waals surface area contributed by atoms with E-state index in [1.807, 2.05) is 24.3 Å². The number of anilines is 1. The van der Waals surface area contributed by atoms with Crippen LogP contribution in [0.5, 0.6) is 5.75 Å². The van der Waals surface area contributed by atoms with Crippen LogP contribution in [0.1, 0.15) is 12.8 Å². The van der Waals surface area contributed by atoms with Gasteiger partial charge in [0.05, 0.1) is 35.0 Å². The second-order valence-corrected chi connectivity index (χ2v) is 9.34. The zero-order valence-electron chi connectivity index (χ0n) is 20.5. The number of carbonyl (C=O) groups is 1. The van der Waals surface area contributed by atoms with E-state index in [1.165, 1.54) is 17.7 Å². The fourth-order valence-electron chi connectivity index (χ4n) is 4.28. The molecule has 0 unspecified atom stereocenters. The lowest BCUT2D eigenvalue weighted by atomic mass is 10.2. The Morgan fingerprint density at radius 3 is 2.57 bits per heavy atom. The van der Waals surface area contributed by atoms with E-state index in [2.05, 4.69) is 19.6 Å². The van der Waals surface area contributed by atoms with E-state index in [0.29, 0.717) is 27.9 Å². The topological polar surface area (TPSA) is 82.5 Å². The highest BCUT2D eigenvalue weighted by atomic mass is 35.5. The Kier molecular flexibility index (Phi) is 9.51. The summed E-state index contributed by atoms with van der Waals surface area (Å²) in [6.45, 7) is 4.98. The van der Waals surface area contributed by atoms with E-state index in [1.54, 1.807) is 18.2 Å². The lowest BCUT2D eigenvalue weighted by Crippen LogP contribution is -2.46. The van der Waals surface area contributed by atoms with Crippen LogP contribution < -0.4 is 15.2 Å². The maximum atomic E-state index is 12.3. The first kappa shape index (κ1) is 27.1. The molecule has 1 saturated heterocycles. The molecule has 2 heterocycles. The van der Waals surface area contributed by atoms with Crippen molar-refractivity contribution in [2.75, 3.05) is 51.3 Å². The average Bonchev–Trinajstić information content (AvgIpc) is 2.90. The van der Waals surface area contributed by atoms with E-state index >= 15 is 0 Å². The van der Waals surface area contributed by atoms with Crippen LogP contribution in [0.3, 0.4) is 0 Å². The number of piperazine rings is 1. The molecule has 1 fully saturated rings. The van der Waals surface area contributed by atoms with E-state index in [0.717, 1.165) is 56.6 Å². The molecule has 2 aromatic carbocycles. The number of hydrogen-bond acceptors (Lipinski definition) is 8. The highest BCUT2D eigenvalue weighted by Crippen LogP contribution is 2.32. The third-order valence-corrected chi connectivity index (χ3v) is 7.02. The predicted molar refractivity (Wildman–Crippen MR) is 143 cm³/mol. The molecule has 0 atom stereocenters. The summed E-state index contributed by atoms with van der Waals surface area (Å²) in [5, 5.41) is 2.01. The molecule has 198 valence electrons. The Morgan fingerprint density at radius 1 is 1.00 bits per heavy atom. The maximum absolute atomic E-state index is 12.3. The molecule has 0 bridgehead atoms. The fourth-order valence-corrected chi connectivity index (χ4v) is 4.69. The fraction of sp³-hybridized carbons (Fsp3) is 0.385. The Hall–Kier alpha value is -2.98. The number of carbonyl (C=O) groups excluding carboxylic acids is 1. The predicted octanol–water partition coefficient (Wildman–Crippen LogP) is 4.96. The molecule has 37 heavy (non-hydrogen) atoms. The van der Waals surface area contributed by atoms with Gasteiger partial charge in [0.15, 0.2) is 6.73 Å². The minimum absolute atomic E-state index is 0.307. The number of pyridine rings is 1. The molecule has 11 heteroatoms. The molecule has 0 amide bonds. The number of rotatable bonds is 10. The van der Waals surface area contributed by atoms with Crippen molar-refractivity contribution in [3.8, 4) is 5.75 Å². The Bertz CT molecular complexity index is 1280. The minimum atomic E-state index is -1.03. The quantitative estimate of drug-likeness (QED) is 0.152. The third-order valence-electron chi connectivity index (χ3n) is 6.21. The average molecular weight is 550 g/mol. The van der Waals surface area contributed by atoms with Crippen molar-refractivity contribution in [3.05, 3.63) is 68.9 Å². The van der Waals surface area contributed by atoms with E-state index in [4.69, 9.17) is 32.7 Å². The van der Waals surface area contributed by atoms with Gasteiger partial charge in [-0.1, -0.05) is 29.3 Å². The number of nitrogens with zero attached hydrogens (tertiary/aromatic N) is 3. The zero-order chi connectivity index (χ0) is 26.2. The number of unbranched alkanes of at least 4 members (excludes halogenated alkanes) is 1. The summed E-state index contributed by atoms with van der Waals surface area (Å²) in [7, 11) is 1.19. The zero-order valence-corrected chi connectivity index (χ0v) is 22.0. The first-order valence-corrected chi connectivity index (χ1v) is 12.8. The number of halogens is 2. The van der Waals surface area contributed by atoms with Gasteiger partial charge in [0.2, 0.25) is 0 Å². The van der Waals surface area contributed by atoms with Crippen LogP contribution in [0.25, 0.3) is 10.9 Å². The number of fused-ring (bicyclic) bond motifs is 1. The molecule has 4 rings (SSSR count). The smallest absolute Gasteiger partial charge is 0.494 e. The van der Waals surface area contributed by atoms with Crippen LogP contribution in [0, 0.1) is 0 Å². The molecule has 0 saturated carbocycles. The van der Waals surface area contributed by atoms with Crippen molar-refractivity contribution in [1.82, 2.24) is 9.47 Å². The molecular weight excluding hydrogens is 521 g/mol. The Morgan fingerprint density at radius 2 is 1.78 bits per heavy atom. The van der Waals surface area contributed by atoms with Crippen molar-refractivity contribution in [2.45, 2.75) is 19.6 Å². The van der Waals surface area contributed by atoms with Crippen LogP contribution in [-0.4, -0.2) is 62.1 Å². The summed E-state index contributed by atoms with van der Waals surface area (Å²) >= 11 is 12.5. The van der Waals surface area contributed by atoms with Crippen LogP contribution in [-0.2, 0) is 21.2 Å².